The second kappa shape index (κ2) is 23.6. The summed E-state index contributed by atoms with van der Waals surface area (Å²) in [5, 5.41) is 31.5. The van der Waals surface area contributed by atoms with E-state index in [9.17, 15) is 43.5 Å². The molecule has 19 nitrogen and oxygen atoms in total. The van der Waals surface area contributed by atoms with Crippen molar-refractivity contribution in [3.8, 4) is 0 Å². The van der Waals surface area contributed by atoms with Gasteiger partial charge in [-0.1, -0.05) is 44.2 Å². The summed E-state index contributed by atoms with van der Waals surface area (Å²) < 4.78 is 0. The van der Waals surface area contributed by atoms with Gasteiger partial charge in [0.05, 0.1) is 13.2 Å². The number of hydrogen-bond donors (Lipinski definition) is 10. The summed E-state index contributed by atoms with van der Waals surface area (Å²) in [5.41, 5.74) is 17.1. The molecule has 7 amide bonds. The van der Waals surface area contributed by atoms with Crippen molar-refractivity contribution in [2.75, 3.05) is 26.2 Å². The molecular weight excluding hydrogens is 718 g/mol. The maximum absolute atomic E-state index is 14.0. The van der Waals surface area contributed by atoms with E-state index in [1.807, 2.05) is 0 Å². The Balaban J connectivity index is 2.31. The van der Waals surface area contributed by atoms with Gasteiger partial charge in [0.2, 0.25) is 41.4 Å². The molecule has 55 heavy (non-hydrogen) atoms. The van der Waals surface area contributed by atoms with E-state index in [-0.39, 0.29) is 51.0 Å². The molecule has 306 valence electrons. The minimum absolute atomic E-state index is 0.0556. The summed E-state index contributed by atoms with van der Waals surface area (Å²) in [6, 6.07) is 1.62. The van der Waals surface area contributed by atoms with Crippen LogP contribution in [0.25, 0.3) is 0 Å². The lowest BCUT2D eigenvalue weighted by Crippen LogP contribution is -2.59. The molecule has 1 aromatic carbocycles. The van der Waals surface area contributed by atoms with Gasteiger partial charge in [0.1, 0.15) is 36.3 Å². The Morgan fingerprint density at radius 3 is 2.02 bits per heavy atom. The number of hydrogen-bond acceptors (Lipinski definition) is 11. The summed E-state index contributed by atoms with van der Waals surface area (Å²) in [6.07, 6.45) is 1.41. The molecule has 1 fully saturated rings. The minimum atomic E-state index is -1.36. The van der Waals surface area contributed by atoms with E-state index >= 15 is 0 Å². The number of nitrogens with one attached hydrogen (secondary N) is 5. The van der Waals surface area contributed by atoms with E-state index in [4.69, 9.17) is 22.3 Å². The Morgan fingerprint density at radius 2 is 1.44 bits per heavy atom. The summed E-state index contributed by atoms with van der Waals surface area (Å²) >= 11 is 0. The number of carbonyl (C=O) groups is 8. The van der Waals surface area contributed by atoms with Gasteiger partial charge in [-0.05, 0) is 63.0 Å². The van der Waals surface area contributed by atoms with Gasteiger partial charge >= 0.3 is 5.97 Å². The number of rotatable bonds is 24. The van der Waals surface area contributed by atoms with Crippen LogP contribution in [0.3, 0.4) is 0 Å². The van der Waals surface area contributed by atoms with E-state index in [1.165, 1.54) is 4.90 Å². The number of nitrogens with zero attached hydrogens (tertiary/aromatic N) is 1. The molecule has 19 heteroatoms. The molecule has 6 atom stereocenters. The van der Waals surface area contributed by atoms with Crippen molar-refractivity contribution < 1.29 is 48.6 Å². The number of unbranched alkanes of at least 4 members (excludes halogenated alkanes) is 1. The lowest BCUT2D eigenvalue weighted by Gasteiger charge is -2.30. The maximum Gasteiger partial charge on any atom is 0.326 e. The van der Waals surface area contributed by atoms with Crippen molar-refractivity contribution in [2.45, 2.75) is 108 Å². The van der Waals surface area contributed by atoms with Crippen LogP contribution < -0.4 is 43.8 Å². The molecule has 2 rings (SSSR count). The molecule has 0 spiro atoms. The summed E-state index contributed by atoms with van der Waals surface area (Å²) in [5.74, 6) is -6.55. The van der Waals surface area contributed by atoms with Gasteiger partial charge in [0.25, 0.3) is 0 Å². The molecule has 0 aliphatic carbocycles. The zero-order valence-electron chi connectivity index (χ0n) is 31.5. The second-order valence-corrected chi connectivity index (χ2v) is 13.9. The van der Waals surface area contributed by atoms with Crippen LogP contribution in [0.2, 0.25) is 0 Å². The Hall–Kier alpha value is -5.14. The van der Waals surface area contributed by atoms with Gasteiger partial charge in [0, 0.05) is 19.4 Å². The Bertz CT molecular complexity index is 1480. The molecule has 1 saturated heterocycles. The van der Waals surface area contributed by atoms with E-state index in [1.54, 1.807) is 44.2 Å². The number of amides is 7. The SMILES string of the molecule is CC(C)C[C@H](NC(=O)[C@H](CCC(N)=O)NC(=O)CNC(=O)[C@@H](N)CO)C(=O)N[C@@H](CCCCN)C(=O)N[C@@H](Cc1ccccc1)C(=O)N1CCC[C@H]1C(=O)O. The van der Waals surface area contributed by atoms with Crippen LogP contribution in [-0.2, 0) is 44.8 Å². The van der Waals surface area contributed by atoms with Gasteiger partial charge in [-0.15, -0.1) is 0 Å². The monoisotopic (exact) mass is 775 g/mol. The number of carboxylic acid groups (broad SMARTS) is 1. The highest BCUT2D eigenvalue weighted by molar-refractivity contribution is 5.97. The van der Waals surface area contributed by atoms with Crippen LogP contribution in [0, 0.1) is 5.92 Å². The largest absolute Gasteiger partial charge is 0.480 e. The van der Waals surface area contributed by atoms with Crippen LogP contribution in [-0.4, -0.2) is 125 Å². The van der Waals surface area contributed by atoms with Crippen molar-refractivity contribution in [1.82, 2.24) is 31.5 Å². The fourth-order valence-corrected chi connectivity index (χ4v) is 6.00. The first-order chi connectivity index (χ1) is 26.1. The predicted molar refractivity (Wildman–Crippen MR) is 199 cm³/mol. The number of aliphatic hydroxyl groups is 1. The molecule has 0 saturated carbocycles. The number of nitrogens with two attached hydrogens (primary N) is 3. The highest BCUT2D eigenvalue weighted by Gasteiger charge is 2.39. The smallest absolute Gasteiger partial charge is 0.326 e. The summed E-state index contributed by atoms with van der Waals surface area (Å²) in [4.78, 5) is 104. The lowest BCUT2D eigenvalue weighted by atomic mass is 10.00. The van der Waals surface area contributed by atoms with Crippen LogP contribution >= 0.6 is 0 Å². The van der Waals surface area contributed by atoms with Crippen LogP contribution in [0.1, 0.15) is 70.8 Å². The van der Waals surface area contributed by atoms with Crippen LogP contribution in [0.5, 0.6) is 0 Å². The number of carbonyl (C=O) groups excluding carboxylic acids is 7. The third-order valence-electron chi connectivity index (χ3n) is 8.93. The highest BCUT2D eigenvalue weighted by atomic mass is 16.4. The molecular formula is C36H57N9O10. The number of aliphatic carboxylic acids is 1. The van der Waals surface area contributed by atoms with E-state index < -0.39 is 96.7 Å². The van der Waals surface area contributed by atoms with Gasteiger partial charge in [0.15, 0.2) is 0 Å². The molecule has 1 heterocycles. The topological polar surface area (TPSA) is 318 Å². The zero-order valence-corrected chi connectivity index (χ0v) is 31.5. The van der Waals surface area contributed by atoms with Crippen molar-refractivity contribution in [3.05, 3.63) is 35.9 Å². The first-order valence-electron chi connectivity index (χ1n) is 18.5. The number of primary amides is 1. The molecule has 1 aromatic rings. The number of likely N-dealkylation sites (tertiary alicyclic amines) is 1. The fraction of sp³-hybridized carbons (Fsp3) is 0.611. The van der Waals surface area contributed by atoms with Crippen molar-refractivity contribution in [2.24, 2.45) is 23.1 Å². The third-order valence-corrected chi connectivity index (χ3v) is 8.93. The molecule has 13 N–H and O–H groups in total. The molecule has 0 unspecified atom stereocenters. The summed E-state index contributed by atoms with van der Waals surface area (Å²) in [6.45, 7) is 2.84. The number of carboxylic acids is 1. The predicted octanol–water partition coefficient (Wildman–Crippen LogP) is -2.88. The van der Waals surface area contributed by atoms with Crippen LogP contribution in [0.15, 0.2) is 30.3 Å². The standard InChI is InChI=1S/C36H57N9O10/c1-21(2)17-26(43-33(51)25(13-14-29(39)47)41-30(48)19-40-31(49)23(38)20-46)34(52)42-24(11-6-7-15-37)32(50)44-27(18-22-9-4-3-5-10-22)35(53)45-16-8-12-28(45)36(54)55/h3-5,9-10,21,23-28,46H,6-8,11-20,37-38H2,1-2H3,(H2,39,47)(H,40,49)(H,41,48)(H,42,52)(H,43,51)(H,44,50)(H,54,55)/t23-,24-,25-,26-,27-,28-/m0/s1. The van der Waals surface area contributed by atoms with Crippen LogP contribution in [0.4, 0.5) is 0 Å². The van der Waals surface area contributed by atoms with E-state index in [0.29, 0.717) is 31.4 Å². The second-order valence-electron chi connectivity index (χ2n) is 13.9. The molecule has 0 aromatic heterocycles. The van der Waals surface area contributed by atoms with Crippen molar-refractivity contribution in [3.63, 3.8) is 0 Å². The summed E-state index contributed by atoms with van der Waals surface area (Å²) in [7, 11) is 0. The van der Waals surface area contributed by atoms with Crippen molar-refractivity contribution in [1.29, 1.82) is 0 Å². The first-order valence-corrected chi connectivity index (χ1v) is 18.5. The Kier molecular flexibility index (Phi) is 19.7. The van der Waals surface area contributed by atoms with Gasteiger partial charge < -0.3 is 58.9 Å². The van der Waals surface area contributed by atoms with Gasteiger partial charge in [-0.25, -0.2) is 4.79 Å². The normalized spacial score (nSPS) is 16.5. The van der Waals surface area contributed by atoms with Gasteiger partial charge in [-0.2, -0.15) is 0 Å². The average molecular weight is 776 g/mol. The molecule has 0 radical (unpaired) electrons. The maximum atomic E-state index is 14.0. The quantitative estimate of drug-likeness (QED) is 0.0474. The van der Waals surface area contributed by atoms with Crippen molar-refractivity contribution >= 4 is 47.3 Å². The highest BCUT2D eigenvalue weighted by Crippen LogP contribution is 2.20. The first kappa shape index (κ1) is 46.0. The zero-order chi connectivity index (χ0) is 41.1. The average Bonchev–Trinajstić information content (AvgIpc) is 3.64. The number of benzene rings is 1. The molecule has 1 aliphatic heterocycles. The fourth-order valence-electron chi connectivity index (χ4n) is 6.00. The Morgan fingerprint density at radius 1 is 0.836 bits per heavy atom. The third kappa shape index (κ3) is 16.0. The molecule has 1 aliphatic rings. The molecule has 0 bridgehead atoms. The Labute approximate surface area is 320 Å². The number of aliphatic hydroxyl groups excluding tert-OH is 1. The van der Waals surface area contributed by atoms with E-state index in [0.717, 1.165) is 0 Å². The van der Waals surface area contributed by atoms with Gasteiger partial charge in [-0.3, -0.25) is 33.6 Å². The van der Waals surface area contributed by atoms with E-state index in [2.05, 4.69) is 26.6 Å². The minimum Gasteiger partial charge on any atom is -0.480 e. The lowest BCUT2D eigenvalue weighted by molar-refractivity contribution is -0.149.